The number of urea groups is 1. The number of nitrogens with one attached hydrogen (secondary N) is 3. The fourth-order valence-electron chi connectivity index (χ4n) is 3.25. The number of aromatic nitrogens is 1. The molecule has 3 rings (SSSR count). The third kappa shape index (κ3) is 5.92. The number of hydrogen-bond donors (Lipinski definition) is 3. The zero-order valence-corrected chi connectivity index (χ0v) is 19.0. The van der Waals surface area contributed by atoms with Crippen molar-refractivity contribution in [2.75, 3.05) is 5.32 Å². The van der Waals surface area contributed by atoms with E-state index in [0.717, 1.165) is 21.1 Å². The van der Waals surface area contributed by atoms with E-state index in [-0.39, 0.29) is 17.9 Å². The Bertz CT molecular complexity index is 1020. The number of amides is 3. The maximum absolute atomic E-state index is 13.0. The van der Waals surface area contributed by atoms with Crippen molar-refractivity contribution in [2.45, 2.75) is 39.8 Å². The summed E-state index contributed by atoms with van der Waals surface area (Å²) in [6.07, 6.45) is 0. The van der Waals surface area contributed by atoms with Crippen LogP contribution in [0.4, 0.5) is 10.5 Å². The number of anilines is 1. The van der Waals surface area contributed by atoms with Crippen LogP contribution in [0.3, 0.4) is 0 Å². The van der Waals surface area contributed by atoms with E-state index in [2.05, 4.69) is 20.9 Å². The first-order chi connectivity index (χ1) is 14.8. The molecule has 0 aliphatic heterocycles. The standard InChI is InChI=1S/C24H28N4O2S/c1-15(2)20(28-24(30)27-19-13-9-6-10-14-19)22(29)25-16(3)21-17(4)26-23(31-21)18-11-7-5-8-12-18/h5-16,20H,1-4H3,(H,25,29)(H2,27,28,30). The van der Waals surface area contributed by atoms with E-state index in [1.165, 1.54) is 0 Å². The van der Waals surface area contributed by atoms with Gasteiger partial charge in [-0.25, -0.2) is 9.78 Å². The van der Waals surface area contributed by atoms with Crippen molar-refractivity contribution in [3.8, 4) is 10.6 Å². The molecule has 0 radical (unpaired) electrons. The Balaban J connectivity index is 1.66. The highest BCUT2D eigenvalue weighted by molar-refractivity contribution is 7.15. The summed E-state index contributed by atoms with van der Waals surface area (Å²) < 4.78 is 0. The van der Waals surface area contributed by atoms with E-state index < -0.39 is 12.1 Å². The monoisotopic (exact) mass is 436 g/mol. The van der Waals surface area contributed by atoms with Gasteiger partial charge in [0.25, 0.3) is 0 Å². The van der Waals surface area contributed by atoms with Crippen LogP contribution >= 0.6 is 11.3 Å². The molecule has 0 saturated carbocycles. The molecule has 0 aliphatic rings. The molecule has 3 amide bonds. The number of carbonyl (C=O) groups excluding carboxylic acids is 2. The number of thiazole rings is 1. The van der Waals surface area contributed by atoms with Gasteiger partial charge in [0.2, 0.25) is 5.91 Å². The number of hydrogen-bond acceptors (Lipinski definition) is 4. The van der Waals surface area contributed by atoms with Gasteiger partial charge < -0.3 is 16.0 Å². The number of rotatable bonds is 7. The molecule has 3 N–H and O–H groups in total. The highest BCUT2D eigenvalue weighted by Gasteiger charge is 2.27. The van der Waals surface area contributed by atoms with Crippen LogP contribution in [-0.4, -0.2) is 23.0 Å². The Morgan fingerprint density at radius 1 is 0.903 bits per heavy atom. The Hall–Kier alpha value is -3.19. The van der Waals surface area contributed by atoms with Gasteiger partial charge in [0.05, 0.1) is 16.6 Å². The average Bonchev–Trinajstić information content (AvgIpc) is 3.15. The molecule has 31 heavy (non-hydrogen) atoms. The van der Waals surface area contributed by atoms with E-state index in [0.29, 0.717) is 5.69 Å². The summed E-state index contributed by atoms with van der Waals surface area (Å²) in [5, 5.41) is 9.52. The van der Waals surface area contributed by atoms with Gasteiger partial charge >= 0.3 is 6.03 Å². The predicted octanol–water partition coefficient (Wildman–Crippen LogP) is 5.14. The molecule has 1 aromatic heterocycles. The van der Waals surface area contributed by atoms with Crippen LogP contribution in [0.15, 0.2) is 60.7 Å². The second-order valence-corrected chi connectivity index (χ2v) is 8.78. The third-order valence-electron chi connectivity index (χ3n) is 4.87. The number of aryl methyl sites for hydroxylation is 1. The average molecular weight is 437 g/mol. The Labute approximate surface area is 187 Å². The first-order valence-electron chi connectivity index (χ1n) is 10.3. The molecule has 6 nitrogen and oxygen atoms in total. The second-order valence-electron chi connectivity index (χ2n) is 7.75. The summed E-state index contributed by atoms with van der Waals surface area (Å²) in [4.78, 5) is 31.0. The lowest BCUT2D eigenvalue weighted by Crippen LogP contribution is -2.51. The van der Waals surface area contributed by atoms with E-state index in [1.807, 2.05) is 76.2 Å². The van der Waals surface area contributed by atoms with Gasteiger partial charge in [-0.15, -0.1) is 11.3 Å². The maximum Gasteiger partial charge on any atom is 0.319 e. The zero-order chi connectivity index (χ0) is 22.4. The quantitative estimate of drug-likeness (QED) is 0.479. The molecule has 0 fully saturated rings. The summed E-state index contributed by atoms with van der Waals surface area (Å²) in [6.45, 7) is 7.70. The number of benzene rings is 2. The molecule has 3 aromatic rings. The smallest absolute Gasteiger partial charge is 0.319 e. The first kappa shape index (κ1) is 22.5. The number of carbonyl (C=O) groups is 2. The number of para-hydroxylation sites is 1. The summed E-state index contributed by atoms with van der Waals surface area (Å²) >= 11 is 1.57. The molecule has 0 bridgehead atoms. The fraction of sp³-hybridized carbons (Fsp3) is 0.292. The van der Waals surface area contributed by atoms with Gasteiger partial charge in [-0.05, 0) is 31.9 Å². The minimum absolute atomic E-state index is 0.0730. The van der Waals surface area contributed by atoms with Gasteiger partial charge in [0, 0.05) is 11.3 Å². The topological polar surface area (TPSA) is 83.1 Å². The summed E-state index contributed by atoms with van der Waals surface area (Å²) in [5.41, 5.74) is 2.62. The third-order valence-corrected chi connectivity index (χ3v) is 6.26. The molecule has 0 saturated heterocycles. The van der Waals surface area contributed by atoms with Crippen molar-refractivity contribution >= 4 is 29.0 Å². The van der Waals surface area contributed by atoms with Crippen LogP contribution in [0.25, 0.3) is 10.6 Å². The molecular formula is C24H28N4O2S. The van der Waals surface area contributed by atoms with E-state index in [1.54, 1.807) is 23.5 Å². The Morgan fingerprint density at radius 3 is 2.13 bits per heavy atom. The van der Waals surface area contributed by atoms with Gasteiger partial charge in [-0.2, -0.15) is 0 Å². The molecule has 1 heterocycles. The Kier molecular flexibility index (Phi) is 7.41. The largest absolute Gasteiger partial charge is 0.347 e. The molecule has 162 valence electrons. The second kappa shape index (κ2) is 10.2. The summed E-state index contributed by atoms with van der Waals surface area (Å²) in [5.74, 6) is -0.295. The maximum atomic E-state index is 13.0. The summed E-state index contributed by atoms with van der Waals surface area (Å²) in [7, 11) is 0. The summed E-state index contributed by atoms with van der Waals surface area (Å²) in [6, 6.07) is 17.8. The SMILES string of the molecule is Cc1nc(-c2ccccc2)sc1C(C)NC(=O)C(NC(=O)Nc1ccccc1)C(C)C. The highest BCUT2D eigenvalue weighted by atomic mass is 32.1. The lowest BCUT2D eigenvalue weighted by molar-refractivity contribution is -0.124. The molecule has 0 aliphatic carbocycles. The molecular weight excluding hydrogens is 408 g/mol. The van der Waals surface area contributed by atoms with Gasteiger partial charge in [-0.1, -0.05) is 62.4 Å². The van der Waals surface area contributed by atoms with Crippen LogP contribution in [0.2, 0.25) is 0 Å². The molecule has 2 aromatic carbocycles. The minimum Gasteiger partial charge on any atom is -0.347 e. The van der Waals surface area contributed by atoms with Crippen LogP contribution in [0.5, 0.6) is 0 Å². The van der Waals surface area contributed by atoms with Crippen LogP contribution < -0.4 is 16.0 Å². The van der Waals surface area contributed by atoms with Crippen LogP contribution in [-0.2, 0) is 4.79 Å². The lowest BCUT2D eigenvalue weighted by Gasteiger charge is -2.24. The van der Waals surface area contributed by atoms with Gasteiger partial charge in [-0.3, -0.25) is 4.79 Å². The fourth-order valence-corrected chi connectivity index (χ4v) is 4.32. The first-order valence-corrected chi connectivity index (χ1v) is 11.1. The van der Waals surface area contributed by atoms with Crippen molar-refractivity contribution in [1.29, 1.82) is 0 Å². The number of nitrogens with zero attached hydrogens (tertiary/aromatic N) is 1. The van der Waals surface area contributed by atoms with E-state index >= 15 is 0 Å². The minimum atomic E-state index is -0.659. The van der Waals surface area contributed by atoms with Crippen molar-refractivity contribution in [3.05, 3.63) is 71.2 Å². The Morgan fingerprint density at radius 2 is 1.52 bits per heavy atom. The van der Waals surface area contributed by atoms with Crippen molar-refractivity contribution in [3.63, 3.8) is 0 Å². The lowest BCUT2D eigenvalue weighted by atomic mass is 10.0. The highest BCUT2D eigenvalue weighted by Crippen LogP contribution is 2.31. The van der Waals surface area contributed by atoms with Gasteiger partial charge in [0.1, 0.15) is 11.0 Å². The molecule has 2 unspecified atom stereocenters. The van der Waals surface area contributed by atoms with Crippen LogP contribution in [0, 0.1) is 12.8 Å². The van der Waals surface area contributed by atoms with E-state index in [4.69, 9.17) is 0 Å². The molecule has 0 spiro atoms. The van der Waals surface area contributed by atoms with Gasteiger partial charge in [0.15, 0.2) is 0 Å². The van der Waals surface area contributed by atoms with Crippen LogP contribution in [0.1, 0.15) is 37.4 Å². The zero-order valence-electron chi connectivity index (χ0n) is 18.2. The van der Waals surface area contributed by atoms with Crippen molar-refractivity contribution in [1.82, 2.24) is 15.6 Å². The van der Waals surface area contributed by atoms with Crippen molar-refractivity contribution in [2.24, 2.45) is 5.92 Å². The van der Waals surface area contributed by atoms with E-state index in [9.17, 15) is 9.59 Å². The van der Waals surface area contributed by atoms with Crippen molar-refractivity contribution < 1.29 is 9.59 Å². The normalized spacial score (nSPS) is 12.8. The molecule has 7 heteroatoms. The predicted molar refractivity (Wildman–Crippen MR) is 126 cm³/mol. The molecule has 2 atom stereocenters.